The van der Waals surface area contributed by atoms with Crippen LogP contribution < -0.4 is 36.0 Å². The highest BCUT2D eigenvalue weighted by molar-refractivity contribution is 6.33. The van der Waals surface area contributed by atoms with Crippen molar-refractivity contribution in [2.75, 3.05) is 74.6 Å². The molecule has 4 amide bonds. The first-order chi connectivity index (χ1) is 29.9. The van der Waals surface area contributed by atoms with Crippen molar-refractivity contribution in [3.63, 3.8) is 0 Å². The number of piperidine rings is 2. The number of imide groups is 1. The molecule has 0 saturated carbocycles. The largest absolute Gasteiger partial charge is 0.478 e. The Labute approximate surface area is 364 Å². The Morgan fingerprint density at radius 1 is 1.00 bits per heavy atom. The van der Waals surface area contributed by atoms with Crippen LogP contribution in [0.5, 0.6) is 5.75 Å². The Kier molecular flexibility index (Phi) is 11.3. The van der Waals surface area contributed by atoms with Crippen molar-refractivity contribution < 1.29 is 23.9 Å². The van der Waals surface area contributed by atoms with Crippen molar-refractivity contribution in [2.24, 2.45) is 11.3 Å². The molecule has 9 rings (SSSR count). The minimum atomic E-state index is -0.619. The molecule has 4 fully saturated rings. The van der Waals surface area contributed by atoms with Gasteiger partial charge in [-0.2, -0.15) is 4.98 Å². The lowest BCUT2D eigenvalue weighted by atomic mass is 9.86. The van der Waals surface area contributed by atoms with Crippen molar-refractivity contribution in [1.29, 1.82) is 0 Å². The van der Waals surface area contributed by atoms with Crippen LogP contribution in [-0.4, -0.2) is 113 Å². The summed E-state index contributed by atoms with van der Waals surface area (Å²) in [6, 6.07) is 12.5. The van der Waals surface area contributed by atoms with Crippen LogP contribution in [0.2, 0.25) is 5.02 Å². The third kappa shape index (κ3) is 8.05. The number of hydrogen-bond acceptors (Lipinski definition) is 12. The molecule has 62 heavy (non-hydrogen) atoms. The highest BCUT2D eigenvalue weighted by Gasteiger charge is 2.45. The minimum Gasteiger partial charge on any atom is -0.478 e. The maximum absolute atomic E-state index is 13.4. The fourth-order valence-corrected chi connectivity index (χ4v) is 10.3. The number of nitrogens with one attached hydrogen (secondary N) is 3. The number of ether oxygens (including phenoxy) is 1. The molecule has 0 radical (unpaired) electrons. The number of fused-ring (bicyclic) bond motifs is 2. The molecular weight excluding hydrogens is 812 g/mol. The molecule has 2 aromatic carbocycles. The number of carbonyl (C=O) groups is 4. The predicted molar refractivity (Wildman–Crippen MR) is 236 cm³/mol. The van der Waals surface area contributed by atoms with E-state index in [0.717, 1.165) is 99.3 Å². The van der Waals surface area contributed by atoms with Gasteiger partial charge in [-0.25, -0.2) is 4.98 Å². The van der Waals surface area contributed by atoms with Gasteiger partial charge in [-0.3, -0.25) is 29.3 Å². The molecule has 7 heterocycles. The van der Waals surface area contributed by atoms with Crippen LogP contribution in [0.3, 0.4) is 0 Å². The summed E-state index contributed by atoms with van der Waals surface area (Å²) in [4.78, 5) is 81.4. The zero-order valence-corrected chi connectivity index (χ0v) is 36.2. The van der Waals surface area contributed by atoms with Crippen LogP contribution >= 0.6 is 11.6 Å². The second-order valence-corrected chi connectivity index (χ2v) is 18.2. The van der Waals surface area contributed by atoms with Gasteiger partial charge < -0.3 is 39.5 Å². The Morgan fingerprint density at radius 2 is 1.81 bits per heavy atom. The van der Waals surface area contributed by atoms with Gasteiger partial charge in [0.05, 0.1) is 11.7 Å². The van der Waals surface area contributed by atoms with E-state index in [0.29, 0.717) is 41.2 Å². The predicted octanol–water partition coefficient (Wildman–Crippen LogP) is 4.47. The van der Waals surface area contributed by atoms with E-state index in [-0.39, 0.29) is 59.4 Å². The Hall–Kier alpha value is -5.74. The van der Waals surface area contributed by atoms with Crippen molar-refractivity contribution in [2.45, 2.75) is 71.0 Å². The molecule has 2 unspecified atom stereocenters. The SMILES string of the molecule is CNC(=O)COc1cc2cc(Nc3nc(N4CCC5(CCN(CC6CCN(c7cccc8c7CN(C7CCC(=O)NC7=O)C8=O)CC6)C5)C4)ncc3Cl)ccc2n(C(C)C)c1=O. The fourth-order valence-electron chi connectivity index (χ4n) is 10.2. The smallest absolute Gasteiger partial charge is 0.293 e. The first-order valence-corrected chi connectivity index (χ1v) is 22.1. The van der Waals surface area contributed by atoms with Crippen molar-refractivity contribution in [3.8, 4) is 5.75 Å². The van der Waals surface area contributed by atoms with Crippen LogP contribution in [0, 0.1) is 11.3 Å². The average Bonchev–Trinajstić information content (AvgIpc) is 3.97. The maximum atomic E-state index is 13.4. The van der Waals surface area contributed by atoms with Crippen molar-refractivity contribution in [3.05, 3.63) is 75.2 Å². The number of hydrogen-bond donors (Lipinski definition) is 3. The van der Waals surface area contributed by atoms with Crippen molar-refractivity contribution >= 4 is 69.3 Å². The van der Waals surface area contributed by atoms with Crippen LogP contribution in [-0.2, 0) is 20.9 Å². The van der Waals surface area contributed by atoms with Gasteiger partial charge in [0.25, 0.3) is 17.4 Å². The molecule has 16 nitrogen and oxygen atoms in total. The summed E-state index contributed by atoms with van der Waals surface area (Å²) in [7, 11) is 1.52. The van der Waals surface area contributed by atoms with E-state index in [1.165, 1.54) is 7.05 Å². The topological polar surface area (TPSA) is 174 Å². The Balaban J connectivity index is 0.807. The molecule has 3 N–H and O–H groups in total. The molecule has 2 atom stereocenters. The first-order valence-electron chi connectivity index (χ1n) is 21.7. The third-order valence-electron chi connectivity index (χ3n) is 13.4. The molecule has 0 aliphatic carbocycles. The quantitative estimate of drug-likeness (QED) is 0.181. The standard InChI is InChI=1S/C45H53ClN10O6/c1-27(2)56-34-8-7-30(19-29(34)20-37(43(56)61)62-24-39(58)47-3)49-40-33(46)21-48-44(51-40)54-18-14-45(26-54)13-17-52(25-45)22-28-11-15-53(16-12-28)35-6-4-5-31-32(35)23-55(42(31)60)36-9-10-38(57)50-41(36)59/h4-8,19-21,27-28,36H,9-18,22-26H2,1-3H3,(H,47,58)(H,48,49,51)(H,50,57,59). The molecule has 17 heteroatoms. The second-order valence-electron chi connectivity index (χ2n) is 17.8. The Bertz CT molecular complexity index is 2500. The third-order valence-corrected chi connectivity index (χ3v) is 13.7. The number of rotatable bonds is 11. The monoisotopic (exact) mass is 864 g/mol. The molecule has 2 aromatic heterocycles. The van der Waals surface area contributed by atoms with Gasteiger partial charge in [0.2, 0.25) is 17.8 Å². The molecule has 326 valence electrons. The number of likely N-dealkylation sites (N-methyl/N-ethyl adjacent to an activating group) is 1. The van der Waals surface area contributed by atoms with Crippen LogP contribution in [0.15, 0.2) is 53.5 Å². The minimum absolute atomic E-state index is 0.0985. The second kappa shape index (κ2) is 16.9. The van der Waals surface area contributed by atoms with E-state index in [9.17, 15) is 24.0 Å². The first kappa shape index (κ1) is 41.6. The molecular formula is C45H53ClN10O6. The molecule has 5 aliphatic rings. The maximum Gasteiger partial charge on any atom is 0.293 e. The fraction of sp³-hybridized carbons (Fsp3) is 0.489. The molecule has 4 aromatic rings. The Morgan fingerprint density at radius 3 is 2.58 bits per heavy atom. The summed E-state index contributed by atoms with van der Waals surface area (Å²) in [6.07, 6.45) is 6.57. The summed E-state index contributed by atoms with van der Waals surface area (Å²) < 4.78 is 7.30. The summed E-state index contributed by atoms with van der Waals surface area (Å²) in [5.41, 5.74) is 4.06. The number of carbonyl (C=O) groups excluding carboxylic acids is 4. The average molecular weight is 865 g/mol. The number of anilines is 4. The van der Waals surface area contributed by atoms with Gasteiger partial charge in [-0.1, -0.05) is 17.7 Å². The zero-order valence-electron chi connectivity index (χ0n) is 35.4. The lowest BCUT2D eigenvalue weighted by Gasteiger charge is -2.36. The number of likely N-dealkylation sites (tertiary alicyclic amines) is 1. The van der Waals surface area contributed by atoms with Gasteiger partial charge in [-0.15, -0.1) is 0 Å². The molecule has 0 bridgehead atoms. The molecule has 1 spiro atoms. The van der Waals surface area contributed by atoms with Crippen LogP contribution in [0.25, 0.3) is 10.9 Å². The van der Waals surface area contributed by atoms with Crippen molar-refractivity contribution in [1.82, 2.24) is 35.0 Å². The van der Waals surface area contributed by atoms with E-state index in [1.807, 2.05) is 44.2 Å². The number of benzene rings is 2. The highest BCUT2D eigenvalue weighted by atomic mass is 35.5. The summed E-state index contributed by atoms with van der Waals surface area (Å²) in [5, 5.41) is 9.44. The van der Waals surface area contributed by atoms with Gasteiger partial charge in [0.15, 0.2) is 18.2 Å². The number of pyridine rings is 1. The number of amides is 4. The lowest BCUT2D eigenvalue weighted by molar-refractivity contribution is -0.137. The highest BCUT2D eigenvalue weighted by Crippen LogP contribution is 2.42. The number of halogens is 1. The summed E-state index contributed by atoms with van der Waals surface area (Å²) >= 11 is 6.66. The van der Waals surface area contributed by atoms with Gasteiger partial charge in [-0.05, 0) is 94.8 Å². The van der Waals surface area contributed by atoms with E-state index >= 15 is 0 Å². The summed E-state index contributed by atoms with van der Waals surface area (Å²) in [5.74, 6) is 0.672. The van der Waals surface area contributed by atoms with Crippen LogP contribution in [0.1, 0.15) is 74.3 Å². The van der Waals surface area contributed by atoms with Gasteiger partial charge in [0, 0.05) is 98.6 Å². The zero-order chi connectivity index (χ0) is 43.3. The molecule has 5 aliphatic heterocycles. The molecule has 4 saturated heterocycles. The van der Waals surface area contributed by atoms with E-state index in [1.54, 1.807) is 21.7 Å². The van der Waals surface area contributed by atoms with E-state index < -0.39 is 6.04 Å². The number of aromatic nitrogens is 3. The van der Waals surface area contributed by atoms with Crippen LogP contribution in [0.4, 0.5) is 23.1 Å². The van der Waals surface area contributed by atoms with E-state index in [4.69, 9.17) is 21.3 Å². The van der Waals surface area contributed by atoms with Gasteiger partial charge >= 0.3 is 0 Å². The normalized spacial score (nSPS) is 22.0. The summed E-state index contributed by atoms with van der Waals surface area (Å²) in [6.45, 7) is 10.7. The van der Waals surface area contributed by atoms with E-state index in [2.05, 4.69) is 41.7 Å². The number of nitrogens with zero attached hydrogens (tertiary/aromatic N) is 7. The lowest BCUT2D eigenvalue weighted by Crippen LogP contribution is -2.52. The van der Waals surface area contributed by atoms with Gasteiger partial charge in [0.1, 0.15) is 11.1 Å².